The third-order valence-electron chi connectivity index (χ3n) is 3.79. The van der Waals surface area contributed by atoms with Crippen LogP contribution in [0.1, 0.15) is 23.1 Å². The first-order valence-corrected chi connectivity index (χ1v) is 8.46. The largest absolute Gasteiger partial charge is 0.478 e. The molecule has 6 nitrogen and oxygen atoms in total. The van der Waals surface area contributed by atoms with Crippen LogP contribution in [0.5, 0.6) is 5.75 Å². The average Bonchev–Trinajstić information content (AvgIpc) is 2.93. The molecule has 8 heteroatoms. The lowest BCUT2D eigenvalue weighted by molar-refractivity contribution is -0.145. The summed E-state index contributed by atoms with van der Waals surface area (Å²) in [5.74, 6) is -0.833. The fourth-order valence-electron chi connectivity index (χ4n) is 2.33. The number of benzene rings is 2. The molecule has 134 valence electrons. The summed E-state index contributed by atoms with van der Waals surface area (Å²) < 4.78 is 5.79. The minimum Gasteiger partial charge on any atom is -0.478 e. The second-order valence-electron chi connectivity index (χ2n) is 5.66. The molecule has 1 aromatic heterocycles. The van der Waals surface area contributed by atoms with Crippen molar-refractivity contribution in [3.05, 3.63) is 69.5 Å². The van der Waals surface area contributed by atoms with Gasteiger partial charge in [0.1, 0.15) is 11.4 Å². The van der Waals surface area contributed by atoms with Gasteiger partial charge in [-0.2, -0.15) is 10.2 Å². The van der Waals surface area contributed by atoms with Gasteiger partial charge >= 0.3 is 5.97 Å². The van der Waals surface area contributed by atoms with E-state index in [9.17, 15) is 9.90 Å². The molecule has 1 N–H and O–H groups in total. The molecule has 0 bridgehead atoms. The predicted octanol–water partition coefficient (Wildman–Crippen LogP) is 4.40. The molecule has 1 unspecified atom stereocenters. The standard InChI is InChI=1S/C18H15Cl2N3O3/c1-10-11(2)22-23(21-10)15-9-14(20)7-8-16(15)26-17(18(24)25)12-3-5-13(19)6-4-12/h3-9,17H,1-2H3,(H,24,25). The molecule has 0 fully saturated rings. The van der Waals surface area contributed by atoms with Crippen LogP contribution < -0.4 is 4.74 Å². The lowest BCUT2D eigenvalue weighted by Crippen LogP contribution is -2.19. The predicted molar refractivity (Wildman–Crippen MR) is 98.3 cm³/mol. The van der Waals surface area contributed by atoms with Gasteiger partial charge in [0.25, 0.3) is 0 Å². The van der Waals surface area contributed by atoms with Gasteiger partial charge in [-0.15, -0.1) is 4.80 Å². The summed E-state index contributed by atoms with van der Waals surface area (Å²) in [7, 11) is 0. The molecule has 0 saturated carbocycles. The maximum Gasteiger partial charge on any atom is 0.349 e. The lowest BCUT2D eigenvalue weighted by atomic mass is 10.1. The van der Waals surface area contributed by atoms with Gasteiger partial charge in [-0.05, 0) is 44.2 Å². The molecule has 0 radical (unpaired) electrons. The van der Waals surface area contributed by atoms with Crippen LogP contribution in [-0.2, 0) is 4.79 Å². The van der Waals surface area contributed by atoms with E-state index in [4.69, 9.17) is 27.9 Å². The molecule has 0 amide bonds. The van der Waals surface area contributed by atoms with Crippen LogP contribution in [0.15, 0.2) is 42.5 Å². The number of halogens is 2. The number of ether oxygens (including phenoxy) is 1. The zero-order valence-corrected chi connectivity index (χ0v) is 15.5. The Balaban J connectivity index is 2.02. The van der Waals surface area contributed by atoms with E-state index < -0.39 is 12.1 Å². The summed E-state index contributed by atoms with van der Waals surface area (Å²) in [6.45, 7) is 3.66. The van der Waals surface area contributed by atoms with Crippen molar-refractivity contribution >= 4 is 29.2 Å². The Morgan fingerprint density at radius 2 is 1.62 bits per heavy atom. The molecule has 1 atom stereocenters. The van der Waals surface area contributed by atoms with E-state index in [0.717, 1.165) is 11.4 Å². The van der Waals surface area contributed by atoms with Crippen LogP contribution in [-0.4, -0.2) is 26.1 Å². The SMILES string of the molecule is Cc1nn(-c2cc(Cl)ccc2OC(C(=O)O)c2ccc(Cl)cc2)nc1C. The van der Waals surface area contributed by atoms with Gasteiger partial charge in [0.15, 0.2) is 0 Å². The molecule has 0 saturated heterocycles. The first-order chi connectivity index (χ1) is 12.3. The van der Waals surface area contributed by atoms with Gasteiger partial charge in [0.05, 0.1) is 11.4 Å². The second kappa shape index (κ2) is 7.35. The second-order valence-corrected chi connectivity index (χ2v) is 6.53. The number of carboxylic acid groups (broad SMARTS) is 1. The van der Waals surface area contributed by atoms with E-state index in [-0.39, 0.29) is 0 Å². The van der Waals surface area contributed by atoms with E-state index in [1.54, 1.807) is 42.5 Å². The quantitative estimate of drug-likeness (QED) is 0.697. The molecular weight excluding hydrogens is 377 g/mol. The first kappa shape index (κ1) is 18.2. The van der Waals surface area contributed by atoms with Gasteiger partial charge in [-0.1, -0.05) is 35.3 Å². The number of carbonyl (C=O) groups is 1. The molecule has 0 aliphatic carbocycles. The van der Waals surface area contributed by atoms with Gasteiger partial charge in [0, 0.05) is 15.6 Å². The summed E-state index contributed by atoms with van der Waals surface area (Å²) in [4.78, 5) is 13.1. The highest BCUT2D eigenvalue weighted by Gasteiger charge is 2.24. The van der Waals surface area contributed by atoms with E-state index in [2.05, 4.69) is 10.2 Å². The van der Waals surface area contributed by atoms with Crippen LogP contribution >= 0.6 is 23.2 Å². The van der Waals surface area contributed by atoms with Gasteiger partial charge < -0.3 is 9.84 Å². The highest BCUT2D eigenvalue weighted by molar-refractivity contribution is 6.31. The molecule has 1 heterocycles. The minimum absolute atomic E-state index is 0.298. The highest BCUT2D eigenvalue weighted by atomic mass is 35.5. The Morgan fingerprint density at radius 1 is 1.04 bits per heavy atom. The number of carboxylic acids is 1. The van der Waals surface area contributed by atoms with Crippen molar-refractivity contribution in [2.45, 2.75) is 20.0 Å². The number of hydrogen-bond donors (Lipinski definition) is 1. The maximum absolute atomic E-state index is 11.7. The molecule has 3 aromatic rings. The van der Waals surface area contributed by atoms with Crippen molar-refractivity contribution in [2.24, 2.45) is 0 Å². The van der Waals surface area contributed by atoms with Gasteiger partial charge in [-0.3, -0.25) is 0 Å². The third-order valence-corrected chi connectivity index (χ3v) is 4.28. The van der Waals surface area contributed by atoms with E-state index >= 15 is 0 Å². The van der Waals surface area contributed by atoms with Crippen molar-refractivity contribution in [1.29, 1.82) is 0 Å². The molecular formula is C18H15Cl2N3O3. The molecule has 26 heavy (non-hydrogen) atoms. The third kappa shape index (κ3) is 3.81. The summed E-state index contributed by atoms with van der Waals surface area (Å²) in [5.41, 5.74) is 2.42. The number of aromatic nitrogens is 3. The summed E-state index contributed by atoms with van der Waals surface area (Å²) in [5, 5.41) is 19.2. The Bertz CT molecular complexity index is 935. The molecule has 2 aromatic carbocycles. The Morgan fingerprint density at radius 3 is 2.19 bits per heavy atom. The Labute approximate surface area is 159 Å². The molecule has 0 aliphatic heterocycles. The van der Waals surface area contributed by atoms with Crippen molar-refractivity contribution in [2.75, 3.05) is 0 Å². The van der Waals surface area contributed by atoms with Gasteiger partial charge in [-0.25, -0.2) is 4.79 Å². The Hall–Kier alpha value is -2.57. The normalized spacial score (nSPS) is 12.0. The fraction of sp³-hybridized carbons (Fsp3) is 0.167. The maximum atomic E-state index is 11.7. The van der Waals surface area contributed by atoms with Crippen LogP contribution in [0, 0.1) is 13.8 Å². The number of nitrogens with zero attached hydrogens (tertiary/aromatic N) is 3. The average molecular weight is 392 g/mol. The zero-order chi connectivity index (χ0) is 18.8. The first-order valence-electron chi connectivity index (χ1n) is 7.70. The summed E-state index contributed by atoms with van der Waals surface area (Å²) in [6.07, 6.45) is -1.22. The number of hydrogen-bond acceptors (Lipinski definition) is 4. The van der Waals surface area contributed by atoms with Crippen molar-refractivity contribution in [1.82, 2.24) is 15.0 Å². The van der Waals surface area contributed by atoms with Crippen molar-refractivity contribution in [3.63, 3.8) is 0 Å². The number of aliphatic carboxylic acids is 1. The van der Waals surface area contributed by atoms with Crippen molar-refractivity contribution in [3.8, 4) is 11.4 Å². The zero-order valence-electron chi connectivity index (χ0n) is 14.0. The summed E-state index contributed by atoms with van der Waals surface area (Å²) in [6, 6.07) is 11.3. The molecule has 0 spiro atoms. The molecule has 3 rings (SSSR count). The Kier molecular flexibility index (Phi) is 5.15. The van der Waals surface area contributed by atoms with Crippen LogP contribution in [0.4, 0.5) is 0 Å². The molecule has 0 aliphatic rings. The van der Waals surface area contributed by atoms with Crippen LogP contribution in [0.3, 0.4) is 0 Å². The number of rotatable bonds is 5. The minimum atomic E-state index is -1.22. The van der Waals surface area contributed by atoms with Gasteiger partial charge in [0.2, 0.25) is 6.10 Å². The monoisotopic (exact) mass is 391 g/mol. The fourth-order valence-corrected chi connectivity index (χ4v) is 2.62. The van der Waals surface area contributed by atoms with E-state index in [1.807, 2.05) is 13.8 Å². The lowest BCUT2D eigenvalue weighted by Gasteiger charge is -2.18. The van der Waals surface area contributed by atoms with Crippen LogP contribution in [0.25, 0.3) is 5.69 Å². The van der Waals surface area contributed by atoms with E-state index in [1.165, 1.54) is 4.80 Å². The highest BCUT2D eigenvalue weighted by Crippen LogP contribution is 2.31. The van der Waals surface area contributed by atoms with E-state index in [0.29, 0.717) is 27.0 Å². The smallest absolute Gasteiger partial charge is 0.349 e. The number of aryl methyl sites for hydroxylation is 2. The van der Waals surface area contributed by atoms with Crippen molar-refractivity contribution < 1.29 is 14.6 Å². The topological polar surface area (TPSA) is 77.2 Å². The summed E-state index contributed by atoms with van der Waals surface area (Å²) >= 11 is 12.0. The van der Waals surface area contributed by atoms with Crippen LogP contribution in [0.2, 0.25) is 10.0 Å².